The third-order valence-electron chi connectivity index (χ3n) is 4.06. The van der Waals surface area contributed by atoms with Crippen molar-refractivity contribution in [3.8, 4) is 0 Å². The second kappa shape index (κ2) is 7.08. The molecule has 0 spiro atoms. The molecule has 3 unspecified atom stereocenters. The lowest BCUT2D eigenvalue weighted by Gasteiger charge is -2.39. The van der Waals surface area contributed by atoms with Gasteiger partial charge in [-0.15, -0.1) is 0 Å². The van der Waals surface area contributed by atoms with Crippen LogP contribution in [0.1, 0.15) is 38.0 Å². The van der Waals surface area contributed by atoms with Crippen LogP contribution in [0.2, 0.25) is 0 Å². The van der Waals surface area contributed by atoms with Crippen molar-refractivity contribution < 1.29 is 9.15 Å². The minimum Gasteiger partial charge on any atom is -0.468 e. The van der Waals surface area contributed by atoms with Gasteiger partial charge in [-0.05, 0) is 43.9 Å². The van der Waals surface area contributed by atoms with Crippen LogP contribution in [0.4, 0.5) is 0 Å². The van der Waals surface area contributed by atoms with E-state index >= 15 is 0 Å². The molecule has 4 nitrogen and oxygen atoms in total. The first-order valence-corrected chi connectivity index (χ1v) is 7.28. The molecule has 0 amide bonds. The van der Waals surface area contributed by atoms with Gasteiger partial charge in [-0.25, -0.2) is 0 Å². The molecule has 1 aromatic heterocycles. The van der Waals surface area contributed by atoms with Crippen molar-refractivity contribution in [3.05, 3.63) is 24.2 Å². The molecule has 1 aliphatic rings. The van der Waals surface area contributed by atoms with Gasteiger partial charge in [0.1, 0.15) is 5.76 Å². The third-order valence-corrected chi connectivity index (χ3v) is 4.06. The molecule has 2 heterocycles. The monoisotopic (exact) mass is 266 g/mol. The maximum atomic E-state index is 6.33. The number of nitrogens with zero attached hydrogens (tertiary/aromatic N) is 1. The summed E-state index contributed by atoms with van der Waals surface area (Å²) in [5.74, 6) is 1.60. The fourth-order valence-corrected chi connectivity index (χ4v) is 3.07. The van der Waals surface area contributed by atoms with Crippen molar-refractivity contribution in [2.45, 2.75) is 38.3 Å². The van der Waals surface area contributed by atoms with E-state index in [1.54, 1.807) is 13.4 Å². The summed E-state index contributed by atoms with van der Waals surface area (Å²) in [5.41, 5.74) is 6.33. The van der Waals surface area contributed by atoms with Crippen molar-refractivity contribution in [2.75, 3.05) is 26.8 Å². The van der Waals surface area contributed by atoms with Gasteiger partial charge in [0.25, 0.3) is 0 Å². The Bertz CT molecular complexity index is 351. The Hall–Kier alpha value is -0.840. The number of nitrogens with two attached hydrogens (primary N) is 1. The molecule has 19 heavy (non-hydrogen) atoms. The van der Waals surface area contributed by atoms with E-state index in [9.17, 15) is 0 Å². The lowest BCUT2D eigenvalue weighted by atomic mass is 9.94. The van der Waals surface area contributed by atoms with Crippen LogP contribution in [0.25, 0.3) is 0 Å². The van der Waals surface area contributed by atoms with Crippen LogP contribution in [0.15, 0.2) is 22.8 Å². The molecule has 4 heteroatoms. The van der Waals surface area contributed by atoms with E-state index in [2.05, 4.69) is 11.8 Å². The number of methoxy groups -OCH3 is 1. The maximum absolute atomic E-state index is 6.33. The molecule has 2 N–H and O–H groups in total. The van der Waals surface area contributed by atoms with Gasteiger partial charge < -0.3 is 14.9 Å². The molecule has 0 aromatic carbocycles. The fourth-order valence-electron chi connectivity index (χ4n) is 3.07. The van der Waals surface area contributed by atoms with Gasteiger partial charge in [0.05, 0.1) is 18.9 Å². The van der Waals surface area contributed by atoms with Crippen LogP contribution in [0.5, 0.6) is 0 Å². The molecule has 3 atom stereocenters. The predicted molar refractivity (Wildman–Crippen MR) is 75.9 cm³/mol. The molecule has 1 aliphatic heterocycles. The third kappa shape index (κ3) is 3.59. The highest BCUT2D eigenvalue weighted by atomic mass is 16.5. The SMILES string of the molecule is CCC(N)C(c1ccco1)N1CCCC(COC)C1. The summed E-state index contributed by atoms with van der Waals surface area (Å²) in [7, 11) is 1.78. The van der Waals surface area contributed by atoms with Gasteiger partial charge in [-0.2, -0.15) is 0 Å². The van der Waals surface area contributed by atoms with E-state index in [-0.39, 0.29) is 12.1 Å². The number of ether oxygens (including phenoxy) is 1. The fraction of sp³-hybridized carbons (Fsp3) is 0.733. The van der Waals surface area contributed by atoms with Crippen molar-refractivity contribution in [1.82, 2.24) is 4.90 Å². The Morgan fingerprint density at radius 1 is 1.58 bits per heavy atom. The minimum atomic E-state index is 0.118. The van der Waals surface area contributed by atoms with E-state index < -0.39 is 0 Å². The van der Waals surface area contributed by atoms with Crippen LogP contribution in [0.3, 0.4) is 0 Å². The predicted octanol–water partition coefficient (Wildman–Crippen LogP) is 2.42. The van der Waals surface area contributed by atoms with Crippen molar-refractivity contribution in [3.63, 3.8) is 0 Å². The number of hydrogen-bond acceptors (Lipinski definition) is 4. The lowest BCUT2D eigenvalue weighted by Crippen LogP contribution is -2.46. The summed E-state index contributed by atoms with van der Waals surface area (Å²) >= 11 is 0. The maximum Gasteiger partial charge on any atom is 0.122 e. The van der Waals surface area contributed by atoms with Crippen LogP contribution >= 0.6 is 0 Å². The Morgan fingerprint density at radius 2 is 2.42 bits per heavy atom. The Kier molecular flexibility index (Phi) is 5.43. The summed E-state index contributed by atoms with van der Waals surface area (Å²) in [5, 5.41) is 0. The molecule has 2 rings (SSSR count). The second-order valence-electron chi connectivity index (χ2n) is 5.49. The number of rotatable bonds is 6. The number of furan rings is 1. The highest BCUT2D eigenvalue weighted by molar-refractivity contribution is 5.08. The average Bonchev–Trinajstić information content (AvgIpc) is 2.93. The smallest absolute Gasteiger partial charge is 0.122 e. The zero-order valence-corrected chi connectivity index (χ0v) is 12.0. The molecular weight excluding hydrogens is 240 g/mol. The Morgan fingerprint density at radius 3 is 3.05 bits per heavy atom. The zero-order valence-electron chi connectivity index (χ0n) is 12.0. The quantitative estimate of drug-likeness (QED) is 0.859. The molecule has 1 fully saturated rings. The van der Waals surface area contributed by atoms with Crippen molar-refractivity contribution in [2.24, 2.45) is 11.7 Å². The number of piperidine rings is 1. The van der Waals surface area contributed by atoms with Crippen molar-refractivity contribution in [1.29, 1.82) is 0 Å². The average molecular weight is 266 g/mol. The molecule has 0 aliphatic carbocycles. The summed E-state index contributed by atoms with van der Waals surface area (Å²) < 4.78 is 10.9. The van der Waals surface area contributed by atoms with Gasteiger partial charge in [0.15, 0.2) is 0 Å². The summed E-state index contributed by atoms with van der Waals surface area (Å²) in [6.45, 7) is 5.12. The van der Waals surface area contributed by atoms with Crippen LogP contribution in [-0.2, 0) is 4.74 Å². The van der Waals surface area contributed by atoms with Crippen LogP contribution in [0, 0.1) is 5.92 Å². The normalized spacial score (nSPS) is 24.3. The van der Waals surface area contributed by atoms with Gasteiger partial charge in [0, 0.05) is 19.7 Å². The topological polar surface area (TPSA) is 51.6 Å². The molecule has 0 bridgehead atoms. The Labute approximate surface area is 115 Å². The van der Waals surface area contributed by atoms with Crippen LogP contribution < -0.4 is 5.73 Å². The largest absolute Gasteiger partial charge is 0.468 e. The first-order chi connectivity index (χ1) is 9.26. The lowest BCUT2D eigenvalue weighted by molar-refractivity contribution is 0.0528. The molecule has 1 aromatic rings. The van der Waals surface area contributed by atoms with E-state index in [4.69, 9.17) is 14.9 Å². The van der Waals surface area contributed by atoms with Gasteiger partial charge in [-0.3, -0.25) is 4.90 Å². The molecule has 0 radical (unpaired) electrons. The van der Waals surface area contributed by atoms with Crippen molar-refractivity contribution >= 4 is 0 Å². The summed E-state index contributed by atoms with van der Waals surface area (Å²) in [6, 6.07) is 4.30. The van der Waals surface area contributed by atoms with Gasteiger partial charge in [-0.1, -0.05) is 6.92 Å². The minimum absolute atomic E-state index is 0.118. The highest BCUT2D eigenvalue weighted by Gasteiger charge is 2.31. The summed E-state index contributed by atoms with van der Waals surface area (Å²) in [4.78, 5) is 2.47. The molecule has 108 valence electrons. The van der Waals surface area contributed by atoms with E-state index in [1.807, 2.05) is 12.1 Å². The standard InChI is InChI=1S/C15H26N2O2/c1-3-13(16)15(14-7-5-9-19-14)17-8-4-6-12(10-17)11-18-2/h5,7,9,12-13,15H,3-4,6,8,10-11,16H2,1-2H3. The zero-order chi connectivity index (χ0) is 13.7. The van der Waals surface area contributed by atoms with Gasteiger partial charge in [0.2, 0.25) is 0 Å². The van der Waals surface area contributed by atoms with E-state index in [1.165, 1.54) is 12.8 Å². The Balaban J connectivity index is 2.09. The van der Waals surface area contributed by atoms with E-state index in [0.717, 1.165) is 31.9 Å². The molecule has 0 saturated carbocycles. The number of hydrogen-bond donors (Lipinski definition) is 1. The van der Waals surface area contributed by atoms with Crippen LogP contribution in [-0.4, -0.2) is 37.7 Å². The second-order valence-corrected chi connectivity index (χ2v) is 5.49. The molecular formula is C15H26N2O2. The first-order valence-electron chi connectivity index (χ1n) is 7.28. The highest BCUT2D eigenvalue weighted by Crippen LogP contribution is 2.30. The summed E-state index contributed by atoms with van der Waals surface area (Å²) in [6.07, 6.45) is 5.15. The first kappa shape index (κ1) is 14.6. The van der Waals surface area contributed by atoms with E-state index in [0.29, 0.717) is 5.92 Å². The number of likely N-dealkylation sites (tertiary alicyclic amines) is 1. The van der Waals surface area contributed by atoms with Gasteiger partial charge >= 0.3 is 0 Å². The molecule has 1 saturated heterocycles.